The van der Waals surface area contributed by atoms with E-state index in [4.69, 9.17) is 14.2 Å². The number of nitrogens with one attached hydrogen (secondary N) is 1. The lowest BCUT2D eigenvalue weighted by Crippen LogP contribution is -2.38. The van der Waals surface area contributed by atoms with Crippen molar-refractivity contribution in [1.29, 1.82) is 0 Å². The highest BCUT2D eigenvalue weighted by atomic mass is 16.5. The molecule has 0 aliphatic heterocycles. The zero-order valence-corrected chi connectivity index (χ0v) is 18.5. The first-order chi connectivity index (χ1) is 15.0. The predicted molar refractivity (Wildman–Crippen MR) is 115 cm³/mol. The summed E-state index contributed by atoms with van der Waals surface area (Å²) in [6.45, 7) is 3.27. The first-order valence-electron chi connectivity index (χ1n) is 10.0. The molecule has 0 atom stereocenters. The number of aromatic nitrogens is 2. The predicted octanol–water partition coefficient (Wildman–Crippen LogP) is 1.64. The topological polar surface area (TPSA) is 103 Å². The Kier molecular flexibility index (Phi) is 9.70. The number of amides is 2. The number of methoxy groups -OCH3 is 3. The largest absolute Gasteiger partial charge is 0.493 e. The normalized spacial score (nSPS) is 10.5. The molecule has 0 radical (unpaired) electrons. The van der Waals surface area contributed by atoms with Crippen LogP contribution in [0.15, 0.2) is 30.6 Å². The van der Waals surface area contributed by atoms with Gasteiger partial charge < -0.3 is 24.4 Å². The summed E-state index contributed by atoms with van der Waals surface area (Å²) >= 11 is 0. The number of benzene rings is 1. The third-order valence-corrected chi connectivity index (χ3v) is 4.65. The number of carbonyl (C=O) groups is 2. The molecule has 0 fully saturated rings. The van der Waals surface area contributed by atoms with Gasteiger partial charge in [0.25, 0.3) is 5.91 Å². The Morgan fingerprint density at radius 2 is 1.81 bits per heavy atom. The molecular formula is C22H30N4O5. The fourth-order valence-electron chi connectivity index (χ4n) is 2.89. The van der Waals surface area contributed by atoms with Crippen molar-refractivity contribution in [1.82, 2.24) is 20.2 Å². The van der Waals surface area contributed by atoms with Gasteiger partial charge in [0.15, 0.2) is 11.5 Å². The second kappa shape index (κ2) is 12.5. The molecule has 1 N–H and O–H groups in total. The van der Waals surface area contributed by atoms with Gasteiger partial charge in [-0.25, -0.2) is 4.98 Å². The van der Waals surface area contributed by atoms with E-state index < -0.39 is 0 Å². The SMILES string of the molecule is COCCN(CCC(=O)NCCc1ccc(OC)c(OC)c1)C(=O)c1cnc(C)cn1. The van der Waals surface area contributed by atoms with Gasteiger partial charge in [-0.1, -0.05) is 6.07 Å². The summed E-state index contributed by atoms with van der Waals surface area (Å²) in [7, 11) is 4.74. The average Bonchev–Trinajstić information content (AvgIpc) is 2.79. The maximum Gasteiger partial charge on any atom is 0.274 e. The Balaban J connectivity index is 1.85. The third kappa shape index (κ3) is 7.53. The van der Waals surface area contributed by atoms with E-state index in [2.05, 4.69) is 15.3 Å². The summed E-state index contributed by atoms with van der Waals surface area (Å²) in [6, 6.07) is 5.66. The van der Waals surface area contributed by atoms with Crippen molar-refractivity contribution in [2.24, 2.45) is 0 Å². The van der Waals surface area contributed by atoms with Crippen LogP contribution in [0, 0.1) is 6.92 Å². The maximum atomic E-state index is 12.7. The second-order valence-electron chi connectivity index (χ2n) is 6.87. The lowest BCUT2D eigenvalue weighted by atomic mass is 10.1. The standard InChI is InChI=1S/C22H30N4O5/c1-16-14-25-18(15-24-16)22(28)26(11-12-29-2)10-8-21(27)23-9-7-17-5-6-19(30-3)20(13-17)31-4/h5-6,13-15H,7-12H2,1-4H3,(H,23,27). The van der Waals surface area contributed by atoms with E-state index in [1.807, 2.05) is 18.2 Å². The summed E-state index contributed by atoms with van der Waals surface area (Å²) < 4.78 is 15.6. The summed E-state index contributed by atoms with van der Waals surface area (Å²) in [6.07, 6.45) is 3.82. The zero-order chi connectivity index (χ0) is 22.6. The Hall–Kier alpha value is -3.20. The minimum absolute atomic E-state index is 0.134. The third-order valence-electron chi connectivity index (χ3n) is 4.65. The number of hydrogen-bond donors (Lipinski definition) is 1. The van der Waals surface area contributed by atoms with Crippen molar-refractivity contribution in [2.45, 2.75) is 19.8 Å². The number of nitrogens with zero attached hydrogens (tertiary/aromatic N) is 3. The highest BCUT2D eigenvalue weighted by molar-refractivity contribution is 5.92. The molecule has 1 aromatic heterocycles. The minimum atomic E-state index is -0.275. The number of ether oxygens (including phenoxy) is 3. The number of hydrogen-bond acceptors (Lipinski definition) is 7. The quantitative estimate of drug-likeness (QED) is 0.546. The molecule has 31 heavy (non-hydrogen) atoms. The van der Waals surface area contributed by atoms with E-state index in [1.165, 1.54) is 6.20 Å². The average molecular weight is 431 g/mol. The van der Waals surface area contributed by atoms with Gasteiger partial charge in [0.1, 0.15) is 5.69 Å². The molecule has 0 aliphatic rings. The monoisotopic (exact) mass is 430 g/mol. The number of carbonyl (C=O) groups excluding carboxylic acids is 2. The Morgan fingerprint density at radius 3 is 2.45 bits per heavy atom. The van der Waals surface area contributed by atoms with Crippen LogP contribution in [-0.4, -0.2) is 74.3 Å². The lowest BCUT2D eigenvalue weighted by Gasteiger charge is -2.21. The van der Waals surface area contributed by atoms with Crippen molar-refractivity contribution >= 4 is 11.8 Å². The fourth-order valence-corrected chi connectivity index (χ4v) is 2.89. The van der Waals surface area contributed by atoms with Crippen molar-refractivity contribution in [3.63, 3.8) is 0 Å². The summed E-state index contributed by atoms with van der Waals surface area (Å²) in [5.41, 5.74) is 2.00. The molecule has 0 spiro atoms. The maximum absolute atomic E-state index is 12.7. The molecule has 1 aromatic carbocycles. The first-order valence-corrected chi connectivity index (χ1v) is 10.0. The molecule has 2 aromatic rings. The van der Waals surface area contributed by atoms with Crippen LogP contribution in [0.4, 0.5) is 0 Å². The van der Waals surface area contributed by atoms with Crippen molar-refractivity contribution < 1.29 is 23.8 Å². The van der Waals surface area contributed by atoms with E-state index >= 15 is 0 Å². The van der Waals surface area contributed by atoms with Gasteiger partial charge in [0, 0.05) is 39.4 Å². The molecule has 0 bridgehead atoms. The van der Waals surface area contributed by atoms with Crippen molar-refractivity contribution in [2.75, 3.05) is 47.6 Å². The van der Waals surface area contributed by atoms with E-state index in [0.29, 0.717) is 37.6 Å². The summed E-state index contributed by atoms with van der Waals surface area (Å²) in [5, 5.41) is 2.89. The van der Waals surface area contributed by atoms with E-state index in [1.54, 1.807) is 39.3 Å². The minimum Gasteiger partial charge on any atom is -0.493 e. The van der Waals surface area contributed by atoms with Crippen LogP contribution < -0.4 is 14.8 Å². The Labute approximate surface area is 182 Å². The molecule has 2 amide bonds. The van der Waals surface area contributed by atoms with Gasteiger partial charge >= 0.3 is 0 Å². The van der Waals surface area contributed by atoms with Crippen LogP contribution in [-0.2, 0) is 16.0 Å². The van der Waals surface area contributed by atoms with E-state index in [-0.39, 0.29) is 30.5 Å². The highest BCUT2D eigenvalue weighted by Gasteiger charge is 2.18. The molecule has 0 saturated heterocycles. The number of aryl methyl sites for hydroxylation is 1. The van der Waals surface area contributed by atoms with Crippen LogP contribution in [0.2, 0.25) is 0 Å². The van der Waals surface area contributed by atoms with Gasteiger partial charge in [-0.05, 0) is 31.0 Å². The molecule has 0 saturated carbocycles. The number of rotatable bonds is 12. The fraction of sp³-hybridized carbons (Fsp3) is 0.455. The molecule has 9 nitrogen and oxygen atoms in total. The Morgan fingerprint density at radius 1 is 1.03 bits per heavy atom. The van der Waals surface area contributed by atoms with Crippen LogP contribution >= 0.6 is 0 Å². The van der Waals surface area contributed by atoms with Crippen LogP contribution in [0.1, 0.15) is 28.2 Å². The summed E-state index contributed by atoms with van der Waals surface area (Å²) in [4.78, 5) is 34.8. The second-order valence-corrected chi connectivity index (χ2v) is 6.87. The smallest absolute Gasteiger partial charge is 0.274 e. The van der Waals surface area contributed by atoms with Gasteiger partial charge in [-0.3, -0.25) is 14.6 Å². The van der Waals surface area contributed by atoms with Crippen LogP contribution in [0.25, 0.3) is 0 Å². The molecule has 0 aliphatic carbocycles. The van der Waals surface area contributed by atoms with Gasteiger partial charge in [-0.15, -0.1) is 0 Å². The van der Waals surface area contributed by atoms with Crippen molar-refractivity contribution in [3.05, 3.63) is 47.5 Å². The Bertz CT molecular complexity index is 857. The van der Waals surface area contributed by atoms with E-state index in [0.717, 1.165) is 11.3 Å². The van der Waals surface area contributed by atoms with Crippen LogP contribution in [0.3, 0.4) is 0 Å². The van der Waals surface area contributed by atoms with Gasteiger partial charge in [0.2, 0.25) is 5.91 Å². The molecule has 2 rings (SSSR count). The molecule has 9 heteroatoms. The molecule has 0 unspecified atom stereocenters. The first kappa shape index (κ1) is 24.1. The molecular weight excluding hydrogens is 400 g/mol. The van der Waals surface area contributed by atoms with Gasteiger partial charge in [-0.2, -0.15) is 0 Å². The zero-order valence-electron chi connectivity index (χ0n) is 18.5. The van der Waals surface area contributed by atoms with E-state index in [9.17, 15) is 9.59 Å². The van der Waals surface area contributed by atoms with Crippen molar-refractivity contribution in [3.8, 4) is 11.5 Å². The lowest BCUT2D eigenvalue weighted by molar-refractivity contribution is -0.121. The van der Waals surface area contributed by atoms with Crippen LogP contribution in [0.5, 0.6) is 11.5 Å². The molecule has 168 valence electrons. The van der Waals surface area contributed by atoms with Gasteiger partial charge in [0.05, 0.1) is 32.7 Å². The highest BCUT2D eigenvalue weighted by Crippen LogP contribution is 2.27. The molecule has 1 heterocycles. The summed E-state index contributed by atoms with van der Waals surface area (Å²) in [5.74, 6) is 0.903.